The molecule has 0 radical (unpaired) electrons. The molecule has 114 valence electrons. The molecule has 1 aliphatic rings. The molecule has 0 saturated carbocycles. The number of nitrogens with one attached hydrogen (secondary N) is 3. The number of amides is 2. The highest BCUT2D eigenvalue weighted by molar-refractivity contribution is 5.94. The maximum absolute atomic E-state index is 12.1. The second-order valence-corrected chi connectivity index (χ2v) is 5.61. The largest absolute Gasteiger partial charge is 0.354 e. The quantitative estimate of drug-likeness (QED) is 0.703. The average molecular weight is 289 g/mol. The summed E-state index contributed by atoms with van der Waals surface area (Å²) in [6.45, 7) is 6.39. The predicted octanol–water partition coefficient (Wildman–Crippen LogP) is 0.834. The molecule has 0 saturated heterocycles. The standard InChI is InChI=1S/C16H23N3O2/c1-11(2)15(20)18-7-8-19-16(21)13-4-3-12-5-6-17-10-14(12)9-13/h3-4,9,11,17H,5-8,10H2,1-2H3,(H,18,20)(H,19,21). The normalized spacial score (nSPS) is 13.7. The fourth-order valence-corrected chi connectivity index (χ4v) is 2.29. The Kier molecular flexibility index (Phi) is 5.33. The topological polar surface area (TPSA) is 70.2 Å². The number of carbonyl (C=O) groups is 2. The number of carbonyl (C=O) groups excluding carboxylic acids is 2. The number of hydrogen-bond acceptors (Lipinski definition) is 3. The van der Waals surface area contributed by atoms with Crippen molar-refractivity contribution in [3.8, 4) is 0 Å². The summed E-state index contributed by atoms with van der Waals surface area (Å²) in [6, 6.07) is 5.85. The Balaban J connectivity index is 1.82. The maximum atomic E-state index is 12.1. The molecule has 2 rings (SSSR count). The van der Waals surface area contributed by atoms with E-state index in [1.54, 1.807) is 0 Å². The van der Waals surface area contributed by atoms with E-state index in [1.165, 1.54) is 11.1 Å². The minimum absolute atomic E-state index is 0.00380. The first-order chi connectivity index (χ1) is 10.1. The molecule has 0 aromatic heterocycles. The van der Waals surface area contributed by atoms with Gasteiger partial charge < -0.3 is 16.0 Å². The third-order valence-corrected chi connectivity index (χ3v) is 3.59. The summed E-state index contributed by atoms with van der Waals surface area (Å²) in [4.78, 5) is 23.5. The van der Waals surface area contributed by atoms with Crippen molar-refractivity contribution in [1.29, 1.82) is 0 Å². The molecular weight excluding hydrogens is 266 g/mol. The van der Waals surface area contributed by atoms with Gasteiger partial charge >= 0.3 is 0 Å². The Morgan fingerprint density at radius 2 is 1.95 bits per heavy atom. The Morgan fingerprint density at radius 1 is 1.19 bits per heavy atom. The van der Waals surface area contributed by atoms with Crippen molar-refractivity contribution in [2.75, 3.05) is 19.6 Å². The van der Waals surface area contributed by atoms with E-state index in [9.17, 15) is 9.59 Å². The molecule has 1 heterocycles. The van der Waals surface area contributed by atoms with Crippen molar-refractivity contribution in [1.82, 2.24) is 16.0 Å². The van der Waals surface area contributed by atoms with Crippen LogP contribution >= 0.6 is 0 Å². The first kappa shape index (κ1) is 15.5. The summed E-state index contributed by atoms with van der Waals surface area (Å²) >= 11 is 0. The lowest BCUT2D eigenvalue weighted by Crippen LogP contribution is -2.36. The zero-order chi connectivity index (χ0) is 15.2. The van der Waals surface area contributed by atoms with Crippen LogP contribution in [0.25, 0.3) is 0 Å². The Morgan fingerprint density at radius 3 is 2.71 bits per heavy atom. The smallest absolute Gasteiger partial charge is 0.251 e. The van der Waals surface area contributed by atoms with Gasteiger partial charge in [-0.1, -0.05) is 19.9 Å². The molecule has 21 heavy (non-hydrogen) atoms. The van der Waals surface area contributed by atoms with Gasteiger partial charge in [0.25, 0.3) is 5.91 Å². The van der Waals surface area contributed by atoms with Crippen LogP contribution in [-0.4, -0.2) is 31.4 Å². The van der Waals surface area contributed by atoms with Gasteiger partial charge in [-0.2, -0.15) is 0 Å². The average Bonchev–Trinajstić information content (AvgIpc) is 2.50. The molecule has 2 amide bonds. The van der Waals surface area contributed by atoms with Crippen molar-refractivity contribution in [3.05, 3.63) is 34.9 Å². The molecule has 1 aliphatic heterocycles. The monoisotopic (exact) mass is 289 g/mol. The molecule has 5 nitrogen and oxygen atoms in total. The van der Waals surface area contributed by atoms with Crippen LogP contribution in [0.5, 0.6) is 0 Å². The van der Waals surface area contributed by atoms with E-state index in [-0.39, 0.29) is 17.7 Å². The minimum Gasteiger partial charge on any atom is -0.354 e. The van der Waals surface area contributed by atoms with Crippen LogP contribution in [0.15, 0.2) is 18.2 Å². The first-order valence-electron chi connectivity index (χ1n) is 7.46. The van der Waals surface area contributed by atoms with Crippen molar-refractivity contribution in [3.63, 3.8) is 0 Å². The molecular formula is C16H23N3O2. The lowest BCUT2D eigenvalue weighted by molar-refractivity contribution is -0.123. The predicted molar refractivity (Wildman–Crippen MR) is 82.0 cm³/mol. The molecule has 0 spiro atoms. The maximum Gasteiger partial charge on any atom is 0.251 e. The Hall–Kier alpha value is -1.88. The number of hydrogen-bond donors (Lipinski definition) is 3. The van der Waals surface area contributed by atoms with Crippen LogP contribution in [0, 0.1) is 5.92 Å². The SMILES string of the molecule is CC(C)C(=O)NCCNC(=O)c1ccc2c(c1)CNCC2. The van der Waals surface area contributed by atoms with Crippen molar-refractivity contribution >= 4 is 11.8 Å². The molecule has 0 unspecified atom stereocenters. The van der Waals surface area contributed by atoms with E-state index in [1.807, 2.05) is 32.0 Å². The van der Waals surface area contributed by atoms with Crippen LogP contribution in [-0.2, 0) is 17.8 Å². The Bertz CT molecular complexity index is 526. The lowest BCUT2D eigenvalue weighted by Gasteiger charge is -2.17. The summed E-state index contributed by atoms with van der Waals surface area (Å²) in [5.41, 5.74) is 3.18. The molecule has 0 fully saturated rings. The number of fused-ring (bicyclic) bond motifs is 1. The number of benzene rings is 1. The fraction of sp³-hybridized carbons (Fsp3) is 0.500. The molecule has 0 atom stereocenters. The van der Waals surface area contributed by atoms with Gasteiger partial charge in [-0.25, -0.2) is 0 Å². The zero-order valence-corrected chi connectivity index (χ0v) is 12.7. The summed E-state index contributed by atoms with van der Waals surface area (Å²) in [7, 11) is 0. The molecule has 3 N–H and O–H groups in total. The van der Waals surface area contributed by atoms with Gasteiger partial charge in [-0.3, -0.25) is 9.59 Å². The minimum atomic E-state index is -0.0952. The van der Waals surface area contributed by atoms with Gasteiger partial charge in [0.1, 0.15) is 0 Å². The van der Waals surface area contributed by atoms with Crippen molar-refractivity contribution < 1.29 is 9.59 Å². The second kappa shape index (κ2) is 7.22. The van der Waals surface area contributed by atoms with Gasteiger partial charge in [0.2, 0.25) is 5.91 Å². The van der Waals surface area contributed by atoms with E-state index in [0.717, 1.165) is 19.5 Å². The van der Waals surface area contributed by atoms with Crippen molar-refractivity contribution in [2.45, 2.75) is 26.8 Å². The second-order valence-electron chi connectivity index (χ2n) is 5.61. The molecule has 0 bridgehead atoms. The Labute approximate surface area is 125 Å². The van der Waals surface area contributed by atoms with Crippen LogP contribution in [0.1, 0.15) is 35.3 Å². The van der Waals surface area contributed by atoms with Gasteiger partial charge in [-0.05, 0) is 36.2 Å². The molecule has 1 aromatic rings. The third-order valence-electron chi connectivity index (χ3n) is 3.59. The van der Waals surface area contributed by atoms with Gasteiger partial charge in [0, 0.05) is 31.1 Å². The van der Waals surface area contributed by atoms with E-state index in [0.29, 0.717) is 18.7 Å². The summed E-state index contributed by atoms with van der Waals surface area (Å²) < 4.78 is 0. The van der Waals surface area contributed by atoms with Gasteiger partial charge in [-0.15, -0.1) is 0 Å². The highest BCUT2D eigenvalue weighted by Gasteiger charge is 2.12. The van der Waals surface area contributed by atoms with E-state index in [2.05, 4.69) is 16.0 Å². The first-order valence-corrected chi connectivity index (χ1v) is 7.46. The van der Waals surface area contributed by atoms with E-state index < -0.39 is 0 Å². The zero-order valence-electron chi connectivity index (χ0n) is 12.7. The highest BCUT2D eigenvalue weighted by Crippen LogP contribution is 2.15. The number of rotatable bonds is 5. The van der Waals surface area contributed by atoms with Crippen LogP contribution in [0.3, 0.4) is 0 Å². The molecule has 0 aliphatic carbocycles. The highest BCUT2D eigenvalue weighted by atomic mass is 16.2. The van der Waals surface area contributed by atoms with E-state index in [4.69, 9.17) is 0 Å². The summed E-state index contributed by atoms with van der Waals surface area (Å²) in [5, 5.41) is 8.90. The molecule has 1 aromatic carbocycles. The van der Waals surface area contributed by atoms with Crippen LogP contribution in [0.4, 0.5) is 0 Å². The van der Waals surface area contributed by atoms with Crippen molar-refractivity contribution in [2.24, 2.45) is 5.92 Å². The molecule has 5 heteroatoms. The van der Waals surface area contributed by atoms with Crippen LogP contribution < -0.4 is 16.0 Å². The van der Waals surface area contributed by atoms with Gasteiger partial charge in [0.05, 0.1) is 0 Å². The summed E-state index contributed by atoms with van der Waals surface area (Å²) in [6.07, 6.45) is 1.01. The van der Waals surface area contributed by atoms with E-state index >= 15 is 0 Å². The lowest BCUT2D eigenvalue weighted by atomic mass is 9.98. The third kappa shape index (κ3) is 4.29. The van der Waals surface area contributed by atoms with Gasteiger partial charge in [0.15, 0.2) is 0 Å². The fourth-order valence-electron chi connectivity index (χ4n) is 2.29. The summed E-state index contributed by atoms with van der Waals surface area (Å²) in [5.74, 6) is -0.125. The van der Waals surface area contributed by atoms with Crippen LogP contribution in [0.2, 0.25) is 0 Å².